The van der Waals surface area contributed by atoms with Crippen molar-refractivity contribution in [1.29, 1.82) is 0 Å². The van der Waals surface area contributed by atoms with E-state index >= 15 is 0 Å². The van der Waals surface area contributed by atoms with Crippen LogP contribution in [0.3, 0.4) is 0 Å². The summed E-state index contributed by atoms with van der Waals surface area (Å²) in [5.41, 5.74) is 7.06. The zero-order valence-electron chi connectivity index (χ0n) is 13.3. The lowest BCUT2D eigenvalue weighted by molar-refractivity contribution is 0.351. The smallest absolute Gasteiger partial charge is 0.243 e. The number of aromatic nitrogens is 2. The van der Waals surface area contributed by atoms with Crippen LogP contribution in [-0.4, -0.2) is 10.1 Å². The van der Waals surface area contributed by atoms with Crippen LogP contribution in [0.1, 0.15) is 23.3 Å². The van der Waals surface area contributed by atoms with Crippen molar-refractivity contribution in [1.82, 2.24) is 10.1 Å². The molecule has 0 saturated carbocycles. The fourth-order valence-electron chi connectivity index (χ4n) is 2.17. The third kappa shape index (κ3) is 4.92. The van der Waals surface area contributed by atoms with Crippen LogP contribution < -0.4 is 10.5 Å². The van der Waals surface area contributed by atoms with E-state index < -0.39 is 5.82 Å². The van der Waals surface area contributed by atoms with Gasteiger partial charge in [0.15, 0.2) is 5.82 Å². The molecule has 8 heteroatoms. The van der Waals surface area contributed by atoms with Crippen molar-refractivity contribution in [2.45, 2.75) is 19.4 Å². The Hall–Kier alpha value is -2.15. The number of nitrogens with two attached hydrogens (primary N) is 1. The molecule has 132 valence electrons. The van der Waals surface area contributed by atoms with Crippen molar-refractivity contribution in [3.63, 3.8) is 0 Å². The monoisotopic (exact) mass is 383 g/mol. The maximum atomic E-state index is 13.1. The Kier molecular flexibility index (Phi) is 6.36. The second-order valence-electron chi connectivity index (χ2n) is 5.31. The number of ether oxygens (including phenoxy) is 1. The summed E-state index contributed by atoms with van der Waals surface area (Å²) in [6, 6.07) is 11.2. The molecule has 25 heavy (non-hydrogen) atoms. The van der Waals surface area contributed by atoms with Crippen LogP contribution in [0.25, 0.3) is 0 Å². The van der Waals surface area contributed by atoms with Crippen LogP contribution in [-0.2, 0) is 6.42 Å². The molecule has 0 fully saturated rings. The summed E-state index contributed by atoms with van der Waals surface area (Å²) in [7, 11) is 0. The molecule has 0 saturated heterocycles. The molecular weight excluding hydrogens is 368 g/mol. The van der Waals surface area contributed by atoms with Crippen molar-refractivity contribution in [3.8, 4) is 11.5 Å². The van der Waals surface area contributed by atoms with Crippen LogP contribution in [0.2, 0.25) is 5.02 Å². The predicted molar refractivity (Wildman–Crippen MR) is 94.8 cm³/mol. The second kappa shape index (κ2) is 8.29. The molecule has 0 aliphatic rings. The van der Waals surface area contributed by atoms with E-state index in [-0.39, 0.29) is 23.5 Å². The third-order valence-electron chi connectivity index (χ3n) is 3.37. The van der Waals surface area contributed by atoms with E-state index in [0.29, 0.717) is 29.6 Å². The summed E-state index contributed by atoms with van der Waals surface area (Å²) in [5, 5.41) is 3.75. The Labute approximate surface area is 155 Å². The van der Waals surface area contributed by atoms with Gasteiger partial charge in [-0.15, -0.1) is 12.4 Å². The molecule has 0 amide bonds. The summed E-state index contributed by atoms with van der Waals surface area (Å²) in [6.07, 6.45) is 0.560. The Balaban J connectivity index is 0.00000225. The van der Waals surface area contributed by atoms with Gasteiger partial charge in [0.1, 0.15) is 17.3 Å². The quantitative estimate of drug-likeness (QED) is 0.695. The lowest BCUT2D eigenvalue weighted by Crippen LogP contribution is -2.13. The van der Waals surface area contributed by atoms with Crippen molar-refractivity contribution < 1.29 is 13.7 Å². The van der Waals surface area contributed by atoms with E-state index in [4.69, 9.17) is 26.6 Å². The number of rotatable bonds is 5. The van der Waals surface area contributed by atoms with Gasteiger partial charge in [0.25, 0.3) is 0 Å². The summed E-state index contributed by atoms with van der Waals surface area (Å²) in [4.78, 5) is 4.12. The van der Waals surface area contributed by atoms with Crippen molar-refractivity contribution >= 4 is 24.0 Å². The van der Waals surface area contributed by atoms with E-state index in [9.17, 15) is 4.39 Å². The van der Waals surface area contributed by atoms with Gasteiger partial charge < -0.3 is 15.0 Å². The lowest BCUT2D eigenvalue weighted by Gasteiger charge is -2.09. The highest BCUT2D eigenvalue weighted by Gasteiger charge is 2.14. The van der Waals surface area contributed by atoms with Gasteiger partial charge in [0, 0.05) is 6.07 Å². The molecule has 0 spiro atoms. The Bertz CT molecular complexity index is 840. The van der Waals surface area contributed by atoms with E-state index in [1.807, 2.05) is 12.1 Å². The van der Waals surface area contributed by atoms with Gasteiger partial charge >= 0.3 is 0 Å². The first kappa shape index (κ1) is 19.2. The number of benzene rings is 2. The minimum atomic E-state index is -0.482. The molecular formula is C17H16Cl2FN3O2. The van der Waals surface area contributed by atoms with Crippen LogP contribution in [0.5, 0.6) is 11.5 Å². The van der Waals surface area contributed by atoms with Crippen molar-refractivity contribution in [2.24, 2.45) is 5.73 Å². The Morgan fingerprint density at radius 1 is 1.20 bits per heavy atom. The number of hydrogen-bond donors (Lipinski definition) is 1. The molecule has 0 bridgehead atoms. The Morgan fingerprint density at radius 2 is 1.88 bits per heavy atom. The lowest BCUT2D eigenvalue weighted by atomic mass is 10.1. The van der Waals surface area contributed by atoms with Crippen molar-refractivity contribution in [2.75, 3.05) is 0 Å². The molecule has 3 rings (SSSR count). The topological polar surface area (TPSA) is 74.2 Å². The first-order valence-electron chi connectivity index (χ1n) is 7.29. The minimum absolute atomic E-state index is 0. The molecule has 3 aromatic rings. The molecule has 5 nitrogen and oxygen atoms in total. The number of nitrogens with zero attached hydrogens (tertiary/aromatic N) is 2. The summed E-state index contributed by atoms with van der Waals surface area (Å²) in [6.45, 7) is 1.74. The zero-order chi connectivity index (χ0) is 17.1. The zero-order valence-corrected chi connectivity index (χ0v) is 14.9. The van der Waals surface area contributed by atoms with Gasteiger partial charge in [-0.1, -0.05) is 28.9 Å². The average Bonchev–Trinajstić information content (AvgIpc) is 2.99. The van der Waals surface area contributed by atoms with E-state index in [1.165, 1.54) is 18.2 Å². The number of halogens is 3. The fraction of sp³-hybridized carbons (Fsp3) is 0.176. The van der Waals surface area contributed by atoms with Gasteiger partial charge in [-0.2, -0.15) is 4.98 Å². The first-order chi connectivity index (χ1) is 11.5. The largest absolute Gasteiger partial charge is 0.457 e. The maximum absolute atomic E-state index is 13.1. The molecule has 0 aliphatic heterocycles. The van der Waals surface area contributed by atoms with Crippen LogP contribution in [0.4, 0.5) is 4.39 Å². The SMILES string of the molecule is Cc1noc([C@H](N)Cc2ccc(Oc3ccc(F)c(Cl)c3)cc2)n1.Cl. The summed E-state index contributed by atoms with van der Waals surface area (Å²) < 4.78 is 23.8. The Morgan fingerprint density at radius 3 is 2.48 bits per heavy atom. The van der Waals surface area contributed by atoms with E-state index in [0.717, 1.165) is 5.56 Å². The van der Waals surface area contributed by atoms with E-state index in [1.54, 1.807) is 19.1 Å². The first-order valence-corrected chi connectivity index (χ1v) is 7.66. The predicted octanol–water partition coefficient (Wildman–Crippen LogP) is 4.63. The molecule has 0 unspecified atom stereocenters. The molecule has 1 heterocycles. The molecule has 1 atom stereocenters. The number of hydrogen-bond acceptors (Lipinski definition) is 5. The second-order valence-corrected chi connectivity index (χ2v) is 5.72. The average molecular weight is 384 g/mol. The highest BCUT2D eigenvalue weighted by Crippen LogP contribution is 2.26. The van der Waals surface area contributed by atoms with Crippen molar-refractivity contribution in [3.05, 3.63) is 70.6 Å². The highest BCUT2D eigenvalue weighted by molar-refractivity contribution is 6.30. The third-order valence-corrected chi connectivity index (χ3v) is 3.66. The van der Waals surface area contributed by atoms with Gasteiger partial charge in [-0.25, -0.2) is 4.39 Å². The maximum Gasteiger partial charge on any atom is 0.243 e. The van der Waals surface area contributed by atoms with Gasteiger partial charge in [-0.05, 0) is 43.2 Å². The van der Waals surface area contributed by atoms with Crippen LogP contribution in [0.15, 0.2) is 47.0 Å². The summed E-state index contributed by atoms with van der Waals surface area (Å²) >= 11 is 5.73. The van der Waals surface area contributed by atoms with Gasteiger partial charge in [-0.3, -0.25) is 0 Å². The molecule has 0 aliphatic carbocycles. The van der Waals surface area contributed by atoms with Gasteiger partial charge in [0.05, 0.1) is 11.1 Å². The highest BCUT2D eigenvalue weighted by atomic mass is 35.5. The normalized spacial score (nSPS) is 11.7. The minimum Gasteiger partial charge on any atom is -0.457 e. The van der Waals surface area contributed by atoms with E-state index in [2.05, 4.69) is 10.1 Å². The fourth-order valence-corrected chi connectivity index (χ4v) is 2.35. The molecule has 1 aromatic heterocycles. The standard InChI is InChI=1S/C17H15ClFN3O2.ClH/c1-10-21-17(24-22-10)16(20)8-11-2-4-12(5-3-11)23-13-6-7-15(19)14(18)9-13;/h2-7,9,16H,8,20H2,1H3;1H/t16-;/m1./s1. The molecule has 2 N–H and O–H groups in total. The molecule has 2 aromatic carbocycles. The van der Waals surface area contributed by atoms with Crippen LogP contribution in [0, 0.1) is 12.7 Å². The summed E-state index contributed by atoms with van der Waals surface area (Å²) in [5.74, 6) is 1.57. The van der Waals surface area contributed by atoms with Gasteiger partial charge in [0.2, 0.25) is 5.89 Å². The molecule has 0 radical (unpaired) electrons. The number of aryl methyl sites for hydroxylation is 1. The van der Waals surface area contributed by atoms with Crippen LogP contribution >= 0.6 is 24.0 Å².